The lowest BCUT2D eigenvalue weighted by Crippen LogP contribution is -2.29. The second-order valence-corrected chi connectivity index (χ2v) is 5.36. The summed E-state index contributed by atoms with van der Waals surface area (Å²) in [5.74, 6) is 0.423. The number of carbonyl (C=O) groups excluding carboxylic acids is 1. The van der Waals surface area contributed by atoms with E-state index in [1.165, 1.54) is 0 Å². The van der Waals surface area contributed by atoms with E-state index in [2.05, 4.69) is 5.32 Å². The van der Waals surface area contributed by atoms with Crippen LogP contribution in [-0.4, -0.2) is 23.7 Å². The minimum atomic E-state index is -0.174. The maximum atomic E-state index is 12.1. The van der Waals surface area contributed by atoms with Gasteiger partial charge in [-0.25, -0.2) is 0 Å². The zero-order valence-corrected chi connectivity index (χ0v) is 11.1. The highest BCUT2D eigenvalue weighted by Crippen LogP contribution is 2.24. The summed E-state index contributed by atoms with van der Waals surface area (Å²) in [5, 5.41) is 12.4. The topological polar surface area (TPSA) is 49.3 Å². The monoisotopic (exact) mass is 247 g/mol. The van der Waals surface area contributed by atoms with E-state index >= 15 is 0 Å². The molecule has 1 aliphatic rings. The van der Waals surface area contributed by atoms with E-state index in [9.17, 15) is 9.90 Å². The first-order valence-corrected chi connectivity index (χ1v) is 6.60. The summed E-state index contributed by atoms with van der Waals surface area (Å²) in [6, 6.07) is 5.91. The highest BCUT2D eigenvalue weighted by atomic mass is 16.3. The number of aliphatic hydroxyl groups excluding tert-OH is 1. The lowest BCUT2D eigenvalue weighted by Gasteiger charge is -2.12. The fourth-order valence-corrected chi connectivity index (χ4v) is 2.55. The van der Waals surface area contributed by atoms with Gasteiger partial charge in [0.05, 0.1) is 6.10 Å². The van der Waals surface area contributed by atoms with Crippen LogP contribution in [0.25, 0.3) is 0 Å². The standard InChI is InChI=1S/C15H21NO2/c1-10-3-4-11(2)14(7-10)15(18)16-9-12-5-6-13(17)8-12/h3-4,7,12-13,17H,5-6,8-9H2,1-2H3,(H,16,18). The van der Waals surface area contributed by atoms with Gasteiger partial charge in [0.15, 0.2) is 0 Å². The van der Waals surface area contributed by atoms with Crippen molar-refractivity contribution in [1.29, 1.82) is 0 Å². The molecule has 1 aromatic carbocycles. The van der Waals surface area contributed by atoms with Gasteiger partial charge in [0.2, 0.25) is 0 Å². The van der Waals surface area contributed by atoms with E-state index in [0.29, 0.717) is 12.5 Å². The molecule has 0 heterocycles. The number of carbonyl (C=O) groups is 1. The van der Waals surface area contributed by atoms with Crippen LogP contribution in [0.2, 0.25) is 0 Å². The molecule has 1 aromatic rings. The van der Waals surface area contributed by atoms with Gasteiger partial charge >= 0.3 is 0 Å². The largest absolute Gasteiger partial charge is 0.393 e. The van der Waals surface area contributed by atoms with Crippen LogP contribution in [0.4, 0.5) is 0 Å². The molecule has 0 spiro atoms. The van der Waals surface area contributed by atoms with Crippen molar-refractivity contribution in [2.75, 3.05) is 6.54 Å². The number of aryl methyl sites for hydroxylation is 2. The van der Waals surface area contributed by atoms with E-state index in [-0.39, 0.29) is 12.0 Å². The Morgan fingerprint density at radius 2 is 2.17 bits per heavy atom. The Morgan fingerprint density at radius 3 is 2.83 bits per heavy atom. The van der Waals surface area contributed by atoms with E-state index in [4.69, 9.17) is 0 Å². The van der Waals surface area contributed by atoms with Gasteiger partial charge in [0.1, 0.15) is 0 Å². The first-order valence-electron chi connectivity index (χ1n) is 6.60. The molecular weight excluding hydrogens is 226 g/mol. The SMILES string of the molecule is Cc1ccc(C)c(C(=O)NCC2CCC(O)C2)c1. The molecular formula is C15H21NO2. The minimum absolute atomic E-state index is 0.00223. The van der Waals surface area contributed by atoms with Gasteiger partial charge in [0.25, 0.3) is 5.91 Å². The number of amides is 1. The van der Waals surface area contributed by atoms with Gasteiger partial charge in [-0.3, -0.25) is 4.79 Å². The smallest absolute Gasteiger partial charge is 0.251 e. The highest BCUT2D eigenvalue weighted by molar-refractivity contribution is 5.95. The number of hydrogen-bond donors (Lipinski definition) is 2. The maximum Gasteiger partial charge on any atom is 0.251 e. The van der Waals surface area contributed by atoms with Gasteiger partial charge in [-0.05, 0) is 50.7 Å². The highest BCUT2D eigenvalue weighted by Gasteiger charge is 2.23. The second kappa shape index (κ2) is 5.53. The molecule has 0 saturated heterocycles. The van der Waals surface area contributed by atoms with Crippen LogP contribution < -0.4 is 5.32 Å². The van der Waals surface area contributed by atoms with E-state index < -0.39 is 0 Å². The average Bonchev–Trinajstić information content (AvgIpc) is 2.75. The molecule has 1 saturated carbocycles. The normalized spacial score (nSPS) is 23.1. The number of rotatable bonds is 3. The lowest BCUT2D eigenvalue weighted by atomic mass is 10.0. The molecule has 0 bridgehead atoms. The molecule has 2 rings (SSSR count). The Hall–Kier alpha value is -1.35. The first kappa shape index (κ1) is 13.1. The molecule has 3 heteroatoms. The summed E-state index contributed by atoms with van der Waals surface area (Å²) in [4.78, 5) is 12.1. The summed E-state index contributed by atoms with van der Waals surface area (Å²) in [5.41, 5.74) is 2.86. The number of hydrogen-bond acceptors (Lipinski definition) is 2. The summed E-state index contributed by atoms with van der Waals surface area (Å²) in [7, 11) is 0. The molecule has 98 valence electrons. The molecule has 2 atom stereocenters. The van der Waals surface area contributed by atoms with Crippen molar-refractivity contribution in [1.82, 2.24) is 5.32 Å². The van der Waals surface area contributed by atoms with Crippen LogP contribution in [0, 0.1) is 19.8 Å². The Bertz CT molecular complexity index is 442. The third-order valence-corrected chi connectivity index (χ3v) is 3.70. The maximum absolute atomic E-state index is 12.1. The Kier molecular flexibility index (Phi) is 4.02. The van der Waals surface area contributed by atoms with Crippen LogP contribution in [-0.2, 0) is 0 Å². The van der Waals surface area contributed by atoms with Gasteiger partial charge < -0.3 is 10.4 Å². The molecule has 0 aromatic heterocycles. The second-order valence-electron chi connectivity index (χ2n) is 5.36. The molecule has 1 fully saturated rings. The van der Waals surface area contributed by atoms with Crippen molar-refractivity contribution in [3.05, 3.63) is 34.9 Å². The summed E-state index contributed by atoms with van der Waals surface area (Å²) < 4.78 is 0. The fourth-order valence-electron chi connectivity index (χ4n) is 2.55. The quantitative estimate of drug-likeness (QED) is 0.860. The molecule has 0 radical (unpaired) electrons. The summed E-state index contributed by atoms with van der Waals surface area (Å²) in [6.07, 6.45) is 2.51. The Morgan fingerprint density at radius 1 is 1.39 bits per heavy atom. The van der Waals surface area contributed by atoms with E-state index in [1.54, 1.807) is 0 Å². The molecule has 2 N–H and O–H groups in total. The fraction of sp³-hybridized carbons (Fsp3) is 0.533. The third kappa shape index (κ3) is 3.10. The van der Waals surface area contributed by atoms with Crippen molar-refractivity contribution < 1.29 is 9.90 Å². The van der Waals surface area contributed by atoms with Gasteiger partial charge in [-0.15, -0.1) is 0 Å². The molecule has 1 amide bonds. The van der Waals surface area contributed by atoms with Crippen molar-refractivity contribution in [2.24, 2.45) is 5.92 Å². The van der Waals surface area contributed by atoms with Crippen LogP contribution in [0.15, 0.2) is 18.2 Å². The molecule has 18 heavy (non-hydrogen) atoms. The number of nitrogens with one attached hydrogen (secondary N) is 1. The molecule has 2 unspecified atom stereocenters. The van der Waals surface area contributed by atoms with E-state index in [1.807, 2.05) is 32.0 Å². The lowest BCUT2D eigenvalue weighted by molar-refractivity contribution is 0.0944. The van der Waals surface area contributed by atoms with Crippen LogP contribution in [0.5, 0.6) is 0 Å². The van der Waals surface area contributed by atoms with Crippen LogP contribution in [0.3, 0.4) is 0 Å². The van der Waals surface area contributed by atoms with E-state index in [0.717, 1.165) is 36.0 Å². The van der Waals surface area contributed by atoms with Crippen LogP contribution >= 0.6 is 0 Å². The summed E-state index contributed by atoms with van der Waals surface area (Å²) in [6.45, 7) is 4.61. The Balaban J connectivity index is 1.93. The van der Waals surface area contributed by atoms with Gasteiger partial charge in [-0.1, -0.05) is 17.7 Å². The minimum Gasteiger partial charge on any atom is -0.393 e. The number of aliphatic hydroxyl groups is 1. The molecule has 3 nitrogen and oxygen atoms in total. The Labute approximate surface area is 108 Å². The molecule has 0 aliphatic heterocycles. The summed E-state index contributed by atoms with van der Waals surface area (Å²) >= 11 is 0. The predicted molar refractivity (Wildman–Crippen MR) is 71.6 cm³/mol. The zero-order chi connectivity index (χ0) is 13.1. The predicted octanol–water partition coefficient (Wildman–Crippen LogP) is 2.19. The third-order valence-electron chi connectivity index (χ3n) is 3.70. The van der Waals surface area contributed by atoms with Crippen molar-refractivity contribution in [3.63, 3.8) is 0 Å². The van der Waals surface area contributed by atoms with Crippen molar-refractivity contribution >= 4 is 5.91 Å². The number of benzene rings is 1. The zero-order valence-electron chi connectivity index (χ0n) is 11.1. The van der Waals surface area contributed by atoms with Gasteiger partial charge in [-0.2, -0.15) is 0 Å². The van der Waals surface area contributed by atoms with Crippen molar-refractivity contribution in [3.8, 4) is 0 Å². The average molecular weight is 247 g/mol. The molecule has 1 aliphatic carbocycles. The van der Waals surface area contributed by atoms with Crippen LogP contribution in [0.1, 0.15) is 40.7 Å². The first-order chi connectivity index (χ1) is 8.56. The van der Waals surface area contributed by atoms with Gasteiger partial charge in [0, 0.05) is 12.1 Å². The van der Waals surface area contributed by atoms with Crippen molar-refractivity contribution in [2.45, 2.75) is 39.2 Å².